The van der Waals surface area contributed by atoms with E-state index in [1.165, 1.54) is 0 Å². The van der Waals surface area contributed by atoms with E-state index >= 15 is 0 Å². The molecule has 2 rings (SSSR count). The molecule has 1 heterocycles. The Labute approximate surface area is 114 Å². The molecule has 1 aromatic carbocycles. The molecule has 106 valence electrons. The van der Waals surface area contributed by atoms with Crippen molar-refractivity contribution in [2.75, 3.05) is 32.8 Å². The molecular weight excluding hydrogens is 242 g/mol. The fourth-order valence-electron chi connectivity index (χ4n) is 2.43. The molecule has 0 aromatic heterocycles. The van der Waals surface area contributed by atoms with Crippen LogP contribution in [-0.4, -0.2) is 49.0 Å². The molecule has 2 unspecified atom stereocenters. The van der Waals surface area contributed by atoms with Gasteiger partial charge in [0.05, 0.1) is 19.3 Å². The van der Waals surface area contributed by atoms with E-state index < -0.39 is 5.79 Å². The highest BCUT2D eigenvalue weighted by Gasteiger charge is 2.39. The van der Waals surface area contributed by atoms with Gasteiger partial charge in [0.25, 0.3) is 0 Å². The summed E-state index contributed by atoms with van der Waals surface area (Å²) in [4.78, 5) is 2.17. The van der Waals surface area contributed by atoms with E-state index in [1.807, 2.05) is 37.3 Å². The van der Waals surface area contributed by atoms with Crippen molar-refractivity contribution in [3.8, 4) is 0 Å². The topological polar surface area (TPSA) is 41.9 Å². The molecule has 1 N–H and O–H groups in total. The third kappa shape index (κ3) is 3.54. The Hall–Kier alpha value is -0.940. The summed E-state index contributed by atoms with van der Waals surface area (Å²) in [5, 5.41) is 9.01. The fraction of sp³-hybridized carbons (Fsp3) is 0.600. The summed E-state index contributed by atoms with van der Waals surface area (Å²) in [5.74, 6) is -0.648. The van der Waals surface area contributed by atoms with Crippen LogP contribution in [0.3, 0.4) is 0 Å². The summed E-state index contributed by atoms with van der Waals surface area (Å²) in [6.45, 7) is 7.19. The first-order chi connectivity index (χ1) is 9.18. The van der Waals surface area contributed by atoms with E-state index in [0.29, 0.717) is 13.2 Å². The van der Waals surface area contributed by atoms with Crippen LogP contribution in [-0.2, 0) is 15.3 Å². The van der Waals surface area contributed by atoms with Crippen molar-refractivity contribution in [1.29, 1.82) is 0 Å². The maximum Gasteiger partial charge on any atom is 0.192 e. The molecule has 19 heavy (non-hydrogen) atoms. The van der Waals surface area contributed by atoms with Crippen LogP contribution in [0.5, 0.6) is 0 Å². The van der Waals surface area contributed by atoms with E-state index in [2.05, 4.69) is 11.8 Å². The fourth-order valence-corrected chi connectivity index (χ4v) is 2.43. The molecule has 0 amide bonds. The molecule has 4 heteroatoms. The van der Waals surface area contributed by atoms with Crippen molar-refractivity contribution in [2.24, 2.45) is 0 Å². The minimum Gasteiger partial charge on any atom is -0.395 e. The summed E-state index contributed by atoms with van der Waals surface area (Å²) in [6.07, 6.45) is 0.0525. The van der Waals surface area contributed by atoms with Crippen molar-refractivity contribution in [3.05, 3.63) is 35.9 Å². The number of rotatable bonds is 6. The maximum absolute atomic E-state index is 9.01. The lowest BCUT2D eigenvalue weighted by molar-refractivity contribution is -0.163. The largest absolute Gasteiger partial charge is 0.395 e. The summed E-state index contributed by atoms with van der Waals surface area (Å²) in [6, 6.07) is 10.0. The molecule has 0 radical (unpaired) electrons. The highest BCUT2D eigenvalue weighted by atomic mass is 16.7. The Bertz CT molecular complexity index is 384. The van der Waals surface area contributed by atoms with Gasteiger partial charge in [-0.05, 0) is 13.5 Å². The van der Waals surface area contributed by atoms with Gasteiger partial charge in [-0.1, -0.05) is 37.3 Å². The predicted octanol–water partition coefficient (Wildman–Crippen LogP) is 1.59. The van der Waals surface area contributed by atoms with Crippen LogP contribution in [0.4, 0.5) is 0 Å². The quantitative estimate of drug-likeness (QED) is 0.848. The number of nitrogens with zero attached hydrogens (tertiary/aromatic N) is 1. The third-order valence-electron chi connectivity index (χ3n) is 3.56. The van der Waals surface area contributed by atoms with Crippen LogP contribution in [0, 0.1) is 0 Å². The summed E-state index contributed by atoms with van der Waals surface area (Å²) in [7, 11) is 0. The zero-order chi connectivity index (χ0) is 13.7. The number of aliphatic hydroxyl groups excluding tert-OH is 1. The Morgan fingerprint density at radius 3 is 2.74 bits per heavy atom. The Morgan fingerprint density at radius 1 is 1.37 bits per heavy atom. The standard InChI is InChI=1S/C15H23NO3/c1-3-16(9-10-17)11-14-12-18-15(2,19-14)13-7-5-4-6-8-13/h4-8,14,17H,3,9-12H2,1-2H3. The van der Waals surface area contributed by atoms with Gasteiger partial charge in [0.15, 0.2) is 5.79 Å². The first-order valence-electron chi connectivity index (χ1n) is 6.88. The van der Waals surface area contributed by atoms with E-state index in [9.17, 15) is 0 Å². The first kappa shape index (κ1) is 14.5. The van der Waals surface area contributed by atoms with Gasteiger partial charge >= 0.3 is 0 Å². The molecule has 0 bridgehead atoms. The predicted molar refractivity (Wildman–Crippen MR) is 73.8 cm³/mol. The van der Waals surface area contributed by atoms with Gasteiger partial charge in [0.1, 0.15) is 0 Å². The van der Waals surface area contributed by atoms with Gasteiger partial charge in [0.2, 0.25) is 0 Å². The van der Waals surface area contributed by atoms with Crippen molar-refractivity contribution in [1.82, 2.24) is 4.90 Å². The van der Waals surface area contributed by atoms with E-state index in [1.54, 1.807) is 0 Å². The van der Waals surface area contributed by atoms with Crippen LogP contribution < -0.4 is 0 Å². The molecule has 1 fully saturated rings. The van der Waals surface area contributed by atoms with Crippen molar-refractivity contribution < 1.29 is 14.6 Å². The zero-order valence-corrected chi connectivity index (χ0v) is 11.7. The average Bonchev–Trinajstić information content (AvgIpc) is 2.82. The number of hydrogen-bond acceptors (Lipinski definition) is 4. The zero-order valence-electron chi connectivity index (χ0n) is 11.7. The minimum absolute atomic E-state index is 0.0525. The molecule has 0 aliphatic carbocycles. The number of benzene rings is 1. The summed E-state index contributed by atoms with van der Waals surface area (Å²) < 4.78 is 11.9. The van der Waals surface area contributed by atoms with Gasteiger partial charge in [-0.25, -0.2) is 0 Å². The van der Waals surface area contributed by atoms with Crippen molar-refractivity contribution in [2.45, 2.75) is 25.7 Å². The van der Waals surface area contributed by atoms with Crippen LogP contribution in [0.2, 0.25) is 0 Å². The number of hydrogen-bond donors (Lipinski definition) is 1. The number of likely N-dealkylation sites (N-methyl/N-ethyl adjacent to an activating group) is 1. The molecule has 1 aliphatic heterocycles. The number of aliphatic hydroxyl groups is 1. The molecule has 1 aliphatic rings. The Balaban J connectivity index is 1.95. The number of ether oxygens (including phenoxy) is 2. The second-order valence-corrected chi connectivity index (χ2v) is 4.98. The third-order valence-corrected chi connectivity index (χ3v) is 3.56. The normalized spacial score (nSPS) is 27.1. The van der Waals surface area contributed by atoms with Crippen LogP contribution >= 0.6 is 0 Å². The van der Waals surface area contributed by atoms with E-state index in [-0.39, 0.29) is 12.7 Å². The smallest absolute Gasteiger partial charge is 0.192 e. The first-order valence-corrected chi connectivity index (χ1v) is 6.88. The molecule has 0 saturated carbocycles. The Kier molecular flexibility index (Phi) is 4.93. The summed E-state index contributed by atoms with van der Waals surface area (Å²) in [5.41, 5.74) is 1.04. The summed E-state index contributed by atoms with van der Waals surface area (Å²) >= 11 is 0. The average molecular weight is 265 g/mol. The van der Waals surface area contributed by atoms with Gasteiger partial charge in [-0.3, -0.25) is 4.90 Å². The lowest BCUT2D eigenvalue weighted by Crippen LogP contribution is -2.36. The van der Waals surface area contributed by atoms with Gasteiger partial charge in [-0.15, -0.1) is 0 Å². The molecule has 1 saturated heterocycles. The van der Waals surface area contributed by atoms with Gasteiger partial charge in [-0.2, -0.15) is 0 Å². The Morgan fingerprint density at radius 2 is 2.11 bits per heavy atom. The van der Waals surface area contributed by atoms with Crippen molar-refractivity contribution >= 4 is 0 Å². The van der Waals surface area contributed by atoms with Crippen LogP contribution in [0.15, 0.2) is 30.3 Å². The minimum atomic E-state index is -0.648. The second kappa shape index (κ2) is 6.48. The second-order valence-electron chi connectivity index (χ2n) is 4.98. The lowest BCUT2D eigenvalue weighted by atomic mass is 10.1. The van der Waals surface area contributed by atoms with Gasteiger partial charge < -0.3 is 14.6 Å². The van der Waals surface area contributed by atoms with E-state index in [0.717, 1.165) is 18.7 Å². The van der Waals surface area contributed by atoms with Gasteiger partial charge in [0, 0.05) is 18.7 Å². The highest BCUT2D eigenvalue weighted by Crippen LogP contribution is 2.33. The highest BCUT2D eigenvalue weighted by molar-refractivity contribution is 5.20. The van der Waals surface area contributed by atoms with Crippen LogP contribution in [0.25, 0.3) is 0 Å². The maximum atomic E-state index is 9.01. The van der Waals surface area contributed by atoms with Crippen molar-refractivity contribution in [3.63, 3.8) is 0 Å². The molecule has 4 nitrogen and oxygen atoms in total. The molecule has 1 aromatic rings. The molecular formula is C15H23NO3. The monoisotopic (exact) mass is 265 g/mol. The van der Waals surface area contributed by atoms with Crippen LogP contribution in [0.1, 0.15) is 19.4 Å². The molecule has 2 atom stereocenters. The lowest BCUT2D eigenvalue weighted by Gasteiger charge is -2.26. The van der Waals surface area contributed by atoms with E-state index in [4.69, 9.17) is 14.6 Å². The molecule has 0 spiro atoms. The SMILES string of the molecule is CCN(CCO)CC1COC(C)(c2ccccc2)O1.